The lowest BCUT2D eigenvalue weighted by molar-refractivity contribution is -0.118. The van der Waals surface area contributed by atoms with Crippen LogP contribution in [0, 0.1) is 11.3 Å². The Morgan fingerprint density at radius 2 is 2.31 bits per heavy atom. The molecule has 1 aliphatic carbocycles. The molecular weight excluding hydrogens is 164 g/mol. The molecule has 0 bridgehead atoms. The fraction of sp³-hybridized carbons (Fsp3) is 0.909. The van der Waals surface area contributed by atoms with Crippen LogP contribution >= 0.6 is 0 Å². The summed E-state index contributed by atoms with van der Waals surface area (Å²) in [5.74, 6) is 1.03. The van der Waals surface area contributed by atoms with Gasteiger partial charge in [0.05, 0.1) is 0 Å². The first-order valence-electron chi connectivity index (χ1n) is 5.09. The van der Waals surface area contributed by atoms with Crippen LogP contribution in [0.5, 0.6) is 0 Å². The number of methoxy groups -OCH3 is 1. The van der Waals surface area contributed by atoms with E-state index in [0.29, 0.717) is 11.7 Å². The van der Waals surface area contributed by atoms with Crippen LogP contribution in [0.25, 0.3) is 0 Å². The molecule has 2 unspecified atom stereocenters. The molecule has 2 nitrogen and oxygen atoms in total. The molecule has 0 aromatic heterocycles. The van der Waals surface area contributed by atoms with E-state index in [4.69, 9.17) is 4.74 Å². The maximum absolute atomic E-state index is 11.2. The maximum atomic E-state index is 11.2. The van der Waals surface area contributed by atoms with Gasteiger partial charge in [-0.1, -0.05) is 13.8 Å². The zero-order valence-electron chi connectivity index (χ0n) is 8.93. The first-order chi connectivity index (χ1) is 6.08. The van der Waals surface area contributed by atoms with Crippen LogP contribution in [0.3, 0.4) is 0 Å². The van der Waals surface area contributed by atoms with E-state index in [2.05, 4.69) is 13.8 Å². The molecule has 0 N–H and O–H groups in total. The number of carbonyl (C=O) groups is 1. The molecule has 0 aliphatic heterocycles. The first-order valence-corrected chi connectivity index (χ1v) is 5.09. The van der Waals surface area contributed by atoms with Crippen molar-refractivity contribution in [3.63, 3.8) is 0 Å². The number of hydrogen-bond donors (Lipinski definition) is 0. The third-order valence-corrected chi connectivity index (χ3v) is 3.52. The summed E-state index contributed by atoms with van der Waals surface area (Å²) in [6, 6.07) is 0. The Morgan fingerprint density at radius 3 is 2.77 bits per heavy atom. The molecule has 76 valence electrons. The quantitative estimate of drug-likeness (QED) is 0.670. The van der Waals surface area contributed by atoms with E-state index in [9.17, 15) is 4.79 Å². The smallest absolute Gasteiger partial charge is 0.133 e. The van der Waals surface area contributed by atoms with Gasteiger partial charge in [-0.05, 0) is 24.2 Å². The van der Waals surface area contributed by atoms with E-state index >= 15 is 0 Å². The number of rotatable bonds is 4. The average molecular weight is 184 g/mol. The summed E-state index contributed by atoms with van der Waals surface area (Å²) in [5.41, 5.74) is 0.246. The van der Waals surface area contributed by atoms with Crippen LogP contribution < -0.4 is 0 Å². The highest BCUT2D eigenvalue weighted by molar-refractivity contribution is 5.81. The minimum atomic E-state index is 0.246. The van der Waals surface area contributed by atoms with E-state index in [1.54, 1.807) is 7.11 Å². The van der Waals surface area contributed by atoms with E-state index in [1.165, 1.54) is 0 Å². The number of carbonyl (C=O) groups excluding carboxylic acids is 1. The standard InChI is InChI=1S/C11H20O2/c1-9(5-7-13-3)11(2)6-4-10(12)8-11/h9H,4-8H2,1-3H3. The van der Waals surface area contributed by atoms with Gasteiger partial charge in [0.15, 0.2) is 0 Å². The second-order valence-corrected chi connectivity index (χ2v) is 4.55. The van der Waals surface area contributed by atoms with Crippen molar-refractivity contribution in [2.75, 3.05) is 13.7 Å². The van der Waals surface area contributed by atoms with Crippen molar-refractivity contribution in [3.05, 3.63) is 0 Å². The monoisotopic (exact) mass is 184 g/mol. The lowest BCUT2D eigenvalue weighted by Gasteiger charge is -2.30. The van der Waals surface area contributed by atoms with Gasteiger partial charge in [-0.15, -0.1) is 0 Å². The fourth-order valence-electron chi connectivity index (χ4n) is 2.12. The Kier molecular flexibility index (Phi) is 3.48. The summed E-state index contributed by atoms with van der Waals surface area (Å²) in [7, 11) is 1.73. The van der Waals surface area contributed by atoms with Gasteiger partial charge in [0, 0.05) is 26.6 Å². The SMILES string of the molecule is COCCC(C)C1(C)CCC(=O)C1. The predicted molar refractivity (Wildman–Crippen MR) is 52.6 cm³/mol. The minimum Gasteiger partial charge on any atom is -0.385 e. The molecule has 2 heteroatoms. The third kappa shape index (κ3) is 2.53. The highest BCUT2D eigenvalue weighted by atomic mass is 16.5. The van der Waals surface area contributed by atoms with Gasteiger partial charge < -0.3 is 4.74 Å². The molecule has 0 heterocycles. The second kappa shape index (κ2) is 4.23. The van der Waals surface area contributed by atoms with Gasteiger partial charge in [-0.2, -0.15) is 0 Å². The molecule has 0 amide bonds. The van der Waals surface area contributed by atoms with Gasteiger partial charge in [0.1, 0.15) is 5.78 Å². The Hall–Kier alpha value is -0.370. The molecule has 1 rings (SSSR count). The van der Waals surface area contributed by atoms with Crippen molar-refractivity contribution in [1.29, 1.82) is 0 Å². The van der Waals surface area contributed by atoms with Gasteiger partial charge >= 0.3 is 0 Å². The van der Waals surface area contributed by atoms with E-state index in [-0.39, 0.29) is 5.41 Å². The largest absolute Gasteiger partial charge is 0.385 e. The van der Waals surface area contributed by atoms with Crippen LogP contribution in [0.15, 0.2) is 0 Å². The molecular formula is C11H20O2. The van der Waals surface area contributed by atoms with Crippen molar-refractivity contribution in [1.82, 2.24) is 0 Å². The zero-order chi connectivity index (χ0) is 9.90. The second-order valence-electron chi connectivity index (χ2n) is 4.55. The molecule has 1 saturated carbocycles. The summed E-state index contributed by atoms with van der Waals surface area (Å²) in [6.07, 6.45) is 3.70. The van der Waals surface area contributed by atoms with Crippen LogP contribution in [-0.2, 0) is 9.53 Å². The van der Waals surface area contributed by atoms with Crippen LogP contribution in [0.1, 0.15) is 39.5 Å². The summed E-state index contributed by atoms with van der Waals surface area (Å²) in [4.78, 5) is 11.2. The Labute approximate surface area is 80.7 Å². The number of ether oxygens (including phenoxy) is 1. The third-order valence-electron chi connectivity index (χ3n) is 3.52. The zero-order valence-corrected chi connectivity index (χ0v) is 8.93. The number of Topliss-reactive ketones (excluding diaryl/α,β-unsaturated/α-hetero) is 1. The summed E-state index contributed by atoms with van der Waals surface area (Å²) in [5, 5.41) is 0. The Bertz CT molecular complexity index is 189. The van der Waals surface area contributed by atoms with E-state index in [0.717, 1.165) is 32.3 Å². The van der Waals surface area contributed by atoms with Crippen LogP contribution in [-0.4, -0.2) is 19.5 Å². The van der Waals surface area contributed by atoms with Gasteiger partial charge in [0.25, 0.3) is 0 Å². The average Bonchev–Trinajstić information content (AvgIpc) is 2.43. The van der Waals surface area contributed by atoms with Crippen molar-refractivity contribution >= 4 is 5.78 Å². The van der Waals surface area contributed by atoms with Crippen molar-refractivity contribution < 1.29 is 9.53 Å². The maximum Gasteiger partial charge on any atom is 0.133 e. The van der Waals surface area contributed by atoms with E-state index < -0.39 is 0 Å². The topological polar surface area (TPSA) is 26.3 Å². The molecule has 2 atom stereocenters. The fourth-order valence-corrected chi connectivity index (χ4v) is 2.12. The molecule has 0 aromatic rings. The van der Waals surface area contributed by atoms with Crippen LogP contribution in [0.2, 0.25) is 0 Å². The van der Waals surface area contributed by atoms with Crippen LogP contribution in [0.4, 0.5) is 0 Å². The highest BCUT2D eigenvalue weighted by Gasteiger charge is 2.37. The van der Waals surface area contributed by atoms with Gasteiger partial charge in [0.2, 0.25) is 0 Å². The molecule has 0 aromatic carbocycles. The summed E-state index contributed by atoms with van der Waals surface area (Å²) < 4.78 is 5.06. The molecule has 0 radical (unpaired) electrons. The molecule has 1 aliphatic rings. The van der Waals surface area contributed by atoms with E-state index in [1.807, 2.05) is 0 Å². The van der Waals surface area contributed by atoms with Gasteiger partial charge in [-0.25, -0.2) is 0 Å². The van der Waals surface area contributed by atoms with Crippen molar-refractivity contribution in [3.8, 4) is 0 Å². The number of ketones is 1. The molecule has 1 fully saturated rings. The first kappa shape index (κ1) is 10.7. The highest BCUT2D eigenvalue weighted by Crippen LogP contribution is 2.43. The Balaban J connectivity index is 2.44. The number of hydrogen-bond acceptors (Lipinski definition) is 2. The molecule has 0 saturated heterocycles. The van der Waals surface area contributed by atoms with Gasteiger partial charge in [-0.3, -0.25) is 4.79 Å². The summed E-state index contributed by atoms with van der Waals surface area (Å²) >= 11 is 0. The van der Waals surface area contributed by atoms with Crippen molar-refractivity contribution in [2.45, 2.75) is 39.5 Å². The minimum absolute atomic E-state index is 0.246. The predicted octanol–water partition coefficient (Wildman–Crippen LogP) is 2.42. The lowest BCUT2D eigenvalue weighted by Crippen LogP contribution is -2.23. The summed E-state index contributed by atoms with van der Waals surface area (Å²) in [6.45, 7) is 5.28. The lowest BCUT2D eigenvalue weighted by atomic mass is 9.75. The Morgan fingerprint density at radius 1 is 1.62 bits per heavy atom. The normalized spacial score (nSPS) is 30.8. The molecule has 0 spiro atoms. The van der Waals surface area contributed by atoms with Crippen molar-refractivity contribution in [2.24, 2.45) is 11.3 Å². The molecule has 13 heavy (non-hydrogen) atoms.